The summed E-state index contributed by atoms with van der Waals surface area (Å²) in [5, 5.41) is 13.5. The molecule has 0 aromatic heterocycles. The summed E-state index contributed by atoms with van der Waals surface area (Å²) in [5.41, 5.74) is 4.92. The zero-order chi connectivity index (χ0) is 25.2. The molecule has 2 heterocycles. The Labute approximate surface area is 213 Å². The van der Waals surface area contributed by atoms with Gasteiger partial charge >= 0.3 is 0 Å². The largest absolute Gasteiger partial charge is 0.493 e. The molecule has 1 saturated heterocycles. The number of aliphatic imine (C=N–C) groups is 1. The number of ether oxygens (including phenoxy) is 2. The first kappa shape index (κ1) is 24.8. The number of aliphatic hydroxyl groups excluding tert-OH is 1. The minimum absolute atomic E-state index is 0.0704. The number of nitrogens with one attached hydrogen (secondary N) is 1. The fourth-order valence-electron chi connectivity index (χ4n) is 5.83. The number of rotatable bonds is 6. The van der Waals surface area contributed by atoms with Gasteiger partial charge in [0.05, 0.1) is 31.6 Å². The van der Waals surface area contributed by atoms with Gasteiger partial charge in [0, 0.05) is 28.7 Å². The highest BCUT2D eigenvalue weighted by molar-refractivity contribution is 6.15. The predicted molar refractivity (Wildman–Crippen MR) is 141 cm³/mol. The summed E-state index contributed by atoms with van der Waals surface area (Å²) in [7, 11) is 3.75. The van der Waals surface area contributed by atoms with E-state index in [1.54, 1.807) is 7.11 Å². The molecule has 2 aromatic carbocycles. The Kier molecular flexibility index (Phi) is 7.30. The van der Waals surface area contributed by atoms with Crippen LogP contribution in [0, 0.1) is 5.92 Å². The van der Waals surface area contributed by atoms with E-state index in [9.17, 15) is 9.90 Å². The Morgan fingerprint density at radius 3 is 2.56 bits per heavy atom. The molecule has 0 radical (unpaired) electrons. The maximum Gasteiger partial charge on any atom is 0.227 e. The number of carbonyl (C=O) groups is 1. The molecule has 2 aromatic rings. The number of fused-ring (bicyclic) bond motifs is 3. The van der Waals surface area contributed by atoms with Crippen LogP contribution in [0.3, 0.4) is 0 Å². The highest BCUT2D eigenvalue weighted by atomic mass is 16.5. The van der Waals surface area contributed by atoms with Crippen molar-refractivity contribution in [3.05, 3.63) is 53.1 Å². The van der Waals surface area contributed by atoms with Gasteiger partial charge in [0.2, 0.25) is 5.91 Å². The van der Waals surface area contributed by atoms with Gasteiger partial charge in [-0.2, -0.15) is 0 Å². The van der Waals surface area contributed by atoms with Gasteiger partial charge in [0.25, 0.3) is 0 Å². The van der Waals surface area contributed by atoms with Crippen LogP contribution in [0.25, 0.3) is 0 Å². The van der Waals surface area contributed by atoms with Gasteiger partial charge in [-0.1, -0.05) is 12.1 Å². The van der Waals surface area contributed by atoms with Crippen molar-refractivity contribution in [1.29, 1.82) is 0 Å². The minimum atomic E-state index is -0.305. The first-order valence-corrected chi connectivity index (χ1v) is 13.2. The van der Waals surface area contributed by atoms with E-state index in [1.807, 2.05) is 37.3 Å². The van der Waals surface area contributed by atoms with E-state index >= 15 is 0 Å². The van der Waals surface area contributed by atoms with Gasteiger partial charge in [0.1, 0.15) is 0 Å². The predicted octanol–water partition coefficient (Wildman–Crippen LogP) is 4.22. The van der Waals surface area contributed by atoms with Gasteiger partial charge in [-0.3, -0.25) is 9.79 Å². The number of piperidine rings is 1. The molecule has 2 aliphatic heterocycles. The third-order valence-corrected chi connectivity index (χ3v) is 7.89. The molecule has 1 aliphatic carbocycles. The molecule has 7 nitrogen and oxygen atoms in total. The summed E-state index contributed by atoms with van der Waals surface area (Å²) in [6.45, 7) is 4.44. The lowest BCUT2D eigenvalue weighted by molar-refractivity contribution is -0.121. The molecule has 36 heavy (non-hydrogen) atoms. The monoisotopic (exact) mass is 491 g/mol. The first-order valence-electron chi connectivity index (χ1n) is 13.2. The van der Waals surface area contributed by atoms with Crippen LogP contribution in [0.4, 0.5) is 5.69 Å². The van der Waals surface area contributed by atoms with Gasteiger partial charge in [-0.05, 0) is 89.0 Å². The lowest BCUT2D eigenvalue weighted by Gasteiger charge is -2.37. The number of likely N-dealkylation sites (tertiary alicyclic amines) is 1. The summed E-state index contributed by atoms with van der Waals surface area (Å²) < 4.78 is 11.5. The number of nitrogens with zero attached hydrogens (tertiary/aromatic N) is 2. The average molecular weight is 492 g/mol. The normalized spacial score (nSPS) is 24.3. The standard InChI is InChI=1S/C29H37N3O4/c1-4-36-27-16-22-23-15-21(33)9-10-25(23)31-28(24(22)17-26(27)35-3)18-5-7-20(8-6-18)30-29(34)19-11-13-32(2)14-12-19/h5-8,16-17,19,21,23,25,33H,4,9-15H2,1-3H3,(H,30,34). The van der Waals surface area contributed by atoms with E-state index in [4.69, 9.17) is 14.5 Å². The van der Waals surface area contributed by atoms with Crippen molar-refractivity contribution in [3.8, 4) is 11.5 Å². The van der Waals surface area contributed by atoms with Crippen molar-refractivity contribution in [1.82, 2.24) is 4.90 Å². The van der Waals surface area contributed by atoms with Crippen LogP contribution in [-0.4, -0.2) is 67.6 Å². The van der Waals surface area contributed by atoms with E-state index in [0.717, 1.165) is 72.6 Å². The fraction of sp³-hybridized carbons (Fsp3) is 0.517. The smallest absolute Gasteiger partial charge is 0.227 e. The van der Waals surface area contributed by atoms with Crippen molar-refractivity contribution in [2.24, 2.45) is 10.9 Å². The van der Waals surface area contributed by atoms with Crippen LogP contribution < -0.4 is 14.8 Å². The molecule has 5 rings (SSSR count). The van der Waals surface area contributed by atoms with E-state index < -0.39 is 0 Å². The Morgan fingerprint density at radius 2 is 1.86 bits per heavy atom. The van der Waals surface area contributed by atoms with Crippen molar-refractivity contribution in [2.75, 3.05) is 39.2 Å². The summed E-state index contributed by atoms with van der Waals surface area (Å²) in [4.78, 5) is 20.2. The average Bonchev–Trinajstić information content (AvgIpc) is 2.89. The number of hydrogen-bond donors (Lipinski definition) is 2. The van der Waals surface area contributed by atoms with E-state index in [0.29, 0.717) is 18.8 Å². The lowest BCUT2D eigenvalue weighted by Crippen LogP contribution is -2.35. The van der Waals surface area contributed by atoms with Gasteiger partial charge in [-0.15, -0.1) is 0 Å². The van der Waals surface area contributed by atoms with Crippen LogP contribution in [0.2, 0.25) is 0 Å². The number of anilines is 1. The van der Waals surface area contributed by atoms with Crippen molar-refractivity contribution in [3.63, 3.8) is 0 Å². The molecule has 192 valence electrons. The Hall–Kier alpha value is -2.90. The van der Waals surface area contributed by atoms with Crippen molar-refractivity contribution in [2.45, 2.75) is 57.1 Å². The van der Waals surface area contributed by atoms with Gasteiger partial charge < -0.3 is 24.8 Å². The second-order valence-corrected chi connectivity index (χ2v) is 10.3. The molecule has 7 heteroatoms. The summed E-state index contributed by atoms with van der Waals surface area (Å²) >= 11 is 0. The summed E-state index contributed by atoms with van der Waals surface area (Å²) in [5.74, 6) is 1.74. The van der Waals surface area contributed by atoms with E-state index in [1.165, 1.54) is 0 Å². The topological polar surface area (TPSA) is 83.4 Å². The zero-order valence-corrected chi connectivity index (χ0v) is 21.5. The highest BCUT2D eigenvalue weighted by Gasteiger charge is 2.37. The molecule has 2 fully saturated rings. The SMILES string of the molecule is CCOc1cc2c(cc1OC)C(c1ccc(NC(=O)C3CCN(C)CC3)cc1)=NC1CCC(O)CC21. The number of hydrogen-bond acceptors (Lipinski definition) is 6. The summed E-state index contributed by atoms with van der Waals surface area (Å²) in [6, 6.07) is 12.2. The molecular weight excluding hydrogens is 454 g/mol. The number of methoxy groups -OCH3 is 1. The Balaban J connectivity index is 1.43. The van der Waals surface area contributed by atoms with Gasteiger partial charge in [-0.25, -0.2) is 0 Å². The van der Waals surface area contributed by atoms with Crippen LogP contribution in [0.5, 0.6) is 11.5 Å². The Bertz CT molecular complexity index is 1120. The maximum atomic E-state index is 12.8. The van der Waals surface area contributed by atoms with Crippen LogP contribution in [0.15, 0.2) is 41.4 Å². The zero-order valence-electron chi connectivity index (χ0n) is 21.5. The van der Waals surface area contributed by atoms with Crippen LogP contribution in [0.1, 0.15) is 61.6 Å². The van der Waals surface area contributed by atoms with Crippen LogP contribution in [-0.2, 0) is 4.79 Å². The Morgan fingerprint density at radius 1 is 1.11 bits per heavy atom. The maximum absolute atomic E-state index is 12.8. The number of amides is 1. The highest BCUT2D eigenvalue weighted by Crippen LogP contribution is 2.45. The molecule has 1 amide bonds. The van der Waals surface area contributed by atoms with Crippen molar-refractivity contribution < 1.29 is 19.4 Å². The third kappa shape index (κ3) is 5.00. The molecule has 1 saturated carbocycles. The quantitative estimate of drug-likeness (QED) is 0.632. The second kappa shape index (κ2) is 10.6. The number of benzene rings is 2. The minimum Gasteiger partial charge on any atom is -0.493 e. The number of aliphatic hydroxyl groups is 1. The van der Waals surface area contributed by atoms with Gasteiger partial charge in [0.15, 0.2) is 11.5 Å². The van der Waals surface area contributed by atoms with Crippen LogP contribution >= 0.6 is 0 Å². The third-order valence-electron chi connectivity index (χ3n) is 7.89. The first-order chi connectivity index (χ1) is 17.5. The second-order valence-electron chi connectivity index (χ2n) is 10.3. The fourth-order valence-corrected chi connectivity index (χ4v) is 5.83. The summed E-state index contributed by atoms with van der Waals surface area (Å²) in [6.07, 6.45) is 3.82. The van der Waals surface area contributed by atoms with Crippen molar-refractivity contribution >= 4 is 17.3 Å². The molecule has 3 unspecified atom stereocenters. The molecule has 3 aliphatic rings. The lowest BCUT2D eigenvalue weighted by atomic mass is 9.74. The van der Waals surface area contributed by atoms with E-state index in [-0.39, 0.29) is 29.9 Å². The molecular formula is C29H37N3O4. The number of carbonyl (C=O) groups excluding carboxylic acids is 1. The molecule has 0 spiro atoms. The van der Waals surface area contributed by atoms with E-state index in [2.05, 4.69) is 23.3 Å². The molecule has 0 bridgehead atoms. The molecule has 2 N–H and O–H groups in total. The molecule has 3 atom stereocenters.